The molecule has 20 heavy (non-hydrogen) atoms. The summed E-state index contributed by atoms with van der Waals surface area (Å²) in [5, 5.41) is 3.65. The van der Waals surface area contributed by atoms with Crippen LogP contribution in [0.1, 0.15) is 44.2 Å². The van der Waals surface area contributed by atoms with Crippen LogP contribution in [0.3, 0.4) is 0 Å². The van der Waals surface area contributed by atoms with Gasteiger partial charge in [0.1, 0.15) is 11.4 Å². The van der Waals surface area contributed by atoms with Crippen molar-refractivity contribution in [3.05, 3.63) is 29.3 Å². The maximum absolute atomic E-state index is 5.92. The quantitative estimate of drug-likeness (QED) is 0.916. The van der Waals surface area contributed by atoms with Gasteiger partial charge in [0, 0.05) is 26.1 Å². The number of fused-ring (bicyclic) bond motifs is 1. The van der Waals surface area contributed by atoms with E-state index in [0.29, 0.717) is 12.1 Å². The smallest absolute Gasteiger partial charge is 0.123 e. The monoisotopic (exact) mass is 275 g/mol. The lowest BCUT2D eigenvalue weighted by Gasteiger charge is -2.16. The number of benzene rings is 1. The summed E-state index contributed by atoms with van der Waals surface area (Å²) in [5.74, 6) is 1.05. The van der Waals surface area contributed by atoms with Crippen LogP contribution in [0.25, 0.3) is 0 Å². The van der Waals surface area contributed by atoms with E-state index in [4.69, 9.17) is 9.47 Å². The SMILES string of the molecule is COC1CCC(NCc2ccc3c(c2)CC(C)(C)O3)C1. The number of ether oxygens (including phenoxy) is 2. The third-order valence-corrected chi connectivity index (χ3v) is 4.44. The summed E-state index contributed by atoms with van der Waals surface area (Å²) in [6.07, 6.45) is 4.99. The summed E-state index contributed by atoms with van der Waals surface area (Å²) in [6.45, 7) is 5.23. The van der Waals surface area contributed by atoms with Crippen molar-refractivity contribution >= 4 is 0 Å². The number of methoxy groups -OCH3 is 1. The molecule has 3 rings (SSSR count). The Labute approximate surface area is 121 Å². The van der Waals surface area contributed by atoms with Gasteiger partial charge in [-0.25, -0.2) is 0 Å². The van der Waals surface area contributed by atoms with Crippen LogP contribution in [0, 0.1) is 0 Å². The fraction of sp³-hybridized carbons (Fsp3) is 0.647. The molecule has 0 spiro atoms. The summed E-state index contributed by atoms with van der Waals surface area (Å²) in [5.41, 5.74) is 2.65. The normalized spacial score (nSPS) is 27.4. The predicted octanol–water partition coefficient (Wildman–Crippen LogP) is 3.06. The summed E-state index contributed by atoms with van der Waals surface area (Å²) < 4.78 is 11.3. The third kappa shape index (κ3) is 2.99. The number of hydrogen-bond donors (Lipinski definition) is 1. The molecule has 2 atom stereocenters. The molecule has 1 N–H and O–H groups in total. The standard InChI is InChI=1S/C17H25NO2/c1-17(2)10-13-8-12(4-7-16(13)20-17)11-18-14-5-6-15(9-14)19-3/h4,7-8,14-15,18H,5-6,9-11H2,1-3H3. The molecule has 0 radical (unpaired) electrons. The second kappa shape index (κ2) is 5.38. The molecule has 110 valence electrons. The summed E-state index contributed by atoms with van der Waals surface area (Å²) >= 11 is 0. The van der Waals surface area contributed by atoms with Crippen LogP contribution in [0.5, 0.6) is 5.75 Å². The van der Waals surface area contributed by atoms with E-state index in [2.05, 4.69) is 37.4 Å². The van der Waals surface area contributed by atoms with Crippen molar-refractivity contribution in [2.75, 3.05) is 7.11 Å². The number of rotatable bonds is 4. The first-order valence-electron chi connectivity index (χ1n) is 7.63. The zero-order chi connectivity index (χ0) is 14.2. The molecule has 0 saturated heterocycles. The maximum Gasteiger partial charge on any atom is 0.123 e. The largest absolute Gasteiger partial charge is 0.487 e. The van der Waals surface area contributed by atoms with Crippen molar-refractivity contribution in [2.45, 2.75) is 63.8 Å². The Kier molecular flexibility index (Phi) is 3.74. The summed E-state index contributed by atoms with van der Waals surface area (Å²) in [7, 11) is 1.81. The first-order valence-corrected chi connectivity index (χ1v) is 7.63. The molecule has 3 heteroatoms. The lowest BCUT2D eigenvalue weighted by Crippen LogP contribution is -2.26. The Hall–Kier alpha value is -1.06. The molecule has 0 bridgehead atoms. The van der Waals surface area contributed by atoms with Gasteiger partial charge < -0.3 is 14.8 Å². The van der Waals surface area contributed by atoms with Crippen molar-refractivity contribution < 1.29 is 9.47 Å². The Bertz CT molecular complexity index is 484. The average Bonchev–Trinajstić information content (AvgIpc) is 2.97. The Morgan fingerprint density at radius 1 is 1.35 bits per heavy atom. The van der Waals surface area contributed by atoms with Gasteiger partial charge in [-0.2, -0.15) is 0 Å². The molecule has 1 aromatic carbocycles. The van der Waals surface area contributed by atoms with Gasteiger partial charge >= 0.3 is 0 Å². The highest BCUT2D eigenvalue weighted by Gasteiger charge is 2.30. The van der Waals surface area contributed by atoms with Gasteiger partial charge in [-0.3, -0.25) is 0 Å². The van der Waals surface area contributed by atoms with Crippen molar-refractivity contribution in [3.63, 3.8) is 0 Å². The van der Waals surface area contributed by atoms with E-state index in [1.54, 1.807) is 0 Å². The van der Waals surface area contributed by atoms with Gasteiger partial charge in [-0.1, -0.05) is 12.1 Å². The van der Waals surface area contributed by atoms with Gasteiger partial charge in [0.2, 0.25) is 0 Å². The Balaban J connectivity index is 1.57. The zero-order valence-corrected chi connectivity index (χ0v) is 12.7. The third-order valence-electron chi connectivity index (χ3n) is 4.44. The van der Waals surface area contributed by atoms with E-state index in [9.17, 15) is 0 Å². The molecule has 1 saturated carbocycles. The molecule has 3 nitrogen and oxygen atoms in total. The lowest BCUT2D eigenvalue weighted by atomic mass is 10.00. The minimum absolute atomic E-state index is 0.0501. The van der Waals surface area contributed by atoms with Crippen molar-refractivity contribution in [1.82, 2.24) is 5.32 Å². The van der Waals surface area contributed by atoms with E-state index >= 15 is 0 Å². The molecule has 0 amide bonds. The van der Waals surface area contributed by atoms with E-state index in [-0.39, 0.29) is 5.60 Å². The van der Waals surface area contributed by atoms with Crippen molar-refractivity contribution in [2.24, 2.45) is 0 Å². The van der Waals surface area contributed by atoms with Crippen LogP contribution >= 0.6 is 0 Å². The van der Waals surface area contributed by atoms with Crippen LogP contribution in [-0.4, -0.2) is 24.9 Å². The van der Waals surface area contributed by atoms with E-state index < -0.39 is 0 Å². The molecule has 1 aliphatic heterocycles. The molecular formula is C17H25NO2. The molecule has 1 fully saturated rings. The fourth-order valence-corrected chi connectivity index (χ4v) is 3.37. The molecule has 1 heterocycles. The molecule has 0 aromatic heterocycles. The molecule has 2 aliphatic rings. The average molecular weight is 275 g/mol. The van der Waals surface area contributed by atoms with Gasteiger partial charge in [0.25, 0.3) is 0 Å². The molecule has 1 aliphatic carbocycles. The lowest BCUT2D eigenvalue weighted by molar-refractivity contribution is 0.107. The van der Waals surface area contributed by atoms with E-state index in [1.807, 2.05) is 7.11 Å². The summed E-state index contributed by atoms with van der Waals surface area (Å²) in [6, 6.07) is 7.18. The molecular weight excluding hydrogens is 250 g/mol. The molecule has 1 aromatic rings. The second-order valence-corrected chi connectivity index (χ2v) is 6.73. The van der Waals surface area contributed by atoms with Crippen LogP contribution in [0.15, 0.2) is 18.2 Å². The van der Waals surface area contributed by atoms with Crippen molar-refractivity contribution in [1.29, 1.82) is 0 Å². The highest BCUT2D eigenvalue weighted by molar-refractivity contribution is 5.41. The van der Waals surface area contributed by atoms with E-state index in [1.165, 1.54) is 24.0 Å². The summed E-state index contributed by atoms with van der Waals surface area (Å²) in [4.78, 5) is 0. The zero-order valence-electron chi connectivity index (χ0n) is 12.7. The van der Waals surface area contributed by atoms with Crippen LogP contribution in [0.4, 0.5) is 0 Å². The fourth-order valence-electron chi connectivity index (χ4n) is 3.37. The van der Waals surface area contributed by atoms with Gasteiger partial charge in [0.15, 0.2) is 0 Å². The highest BCUT2D eigenvalue weighted by Crippen LogP contribution is 2.35. The second-order valence-electron chi connectivity index (χ2n) is 6.73. The minimum atomic E-state index is -0.0501. The van der Waals surface area contributed by atoms with E-state index in [0.717, 1.165) is 25.1 Å². The minimum Gasteiger partial charge on any atom is -0.487 e. The van der Waals surface area contributed by atoms with Gasteiger partial charge in [-0.15, -0.1) is 0 Å². The maximum atomic E-state index is 5.92. The Morgan fingerprint density at radius 3 is 2.95 bits per heavy atom. The highest BCUT2D eigenvalue weighted by atomic mass is 16.5. The van der Waals surface area contributed by atoms with Gasteiger partial charge in [-0.05, 0) is 50.3 Å². The molecule has 2 unspecified atom stereocenters. The van der Waals surface area contributed by atoms with Crippen LogP contribution in [-0.2, 0) is 17.7 Å². The number of nitrogens with one attached hydrogen (secondary N) is 1. The van der Waals surface area contributed by atoms with Crippen molar-refractivity contribution in [3.8, 4) is 5.75 Å². The first kappa shape index (κ1) is 13.9. The van der Waals surface area contributed by atoms with Crippen LogP contribution in [0.2, 0.25) is 0 Å². The predicted molar refractivity (Wildman–Crippen MR) is 80.1 cm³/mol. The first-order chi connectivity index (χ1) is 9.55. The number of hydrogen-bond acceptors (Lipinski definition) is 3. The van der Waals surface area contributed by atoms with Gasteiger partial charge in [0.05, 0.1) is 6.10 Å². The Morgan fingerprint density at radius 2 is 2.20 bits per heavy atom. The topological polar surface area (TPSA) is 30.5 Å². The van der Waals surface area contributed by atoms with Crippen LogP contribution < -0.4 is 10.1 Å².